The van der Waals surface area contributed by atoms with Crippen LogP contribution in [0.1, 0.15) is 28.7 Å². The monoisotopic (exact) mass is 443 g/mol. The van der Waals surface area contributed by atoms with Crippen molar-refractivity contribution in [3.8, 4) is 22.8 Å². The normalized spacial score (nSPS) is 11.5. The molecule has 3 heterocycles. The largest absolute Gasteiger partial charge is 0.471 e. The molecule has 8 nitrogen and oxygen atoms in total. The number of carbonyl (C=O) groups excluding carboxylic acids is 1. The van der Waals surface area contributed by atoms with Gasteiger partial charge in [-0.15, -0.1) is 0 Å². The van der Waals surface area contributed by atoms with Gasteiger partial charge in [-0.2, -0.15) is 23.3 Å². The lowest BCUT2D eigenvalue weighted by Gasteiger charge is -2.06. The molecule has 0 spiro atoms. The van der Waals surface area contributed by atoms with E-state index in [4.69, 9.17) is 4.74 Å². The van der Waals surface area contributed by atoms with Gasteiger partial charge in [-0.25, -0.2) is 4.79 Å². The van der Waals surface area contributed by atoms with E-state index in [0.717, 1.165) is 5.56 Å². The van der Waals surface area contributed by atoms with Gasteiger partial charge in [0.15, 0.2) is 0 Å². The first-order valence-electron chi connectivity index (χ1n) is 9.51. The Morgan fingerprint density at radius 2 is 1.94 bits per heavy atom. The van der Waals surface area contributed by atoms with Crippen LogP contribution in [0.2, 0.25) is 0 Å². The Morgan fingerprint density at radius 1 is 1.16 bits per heavy atom. The molecule has 0 bridgehead atoms. The molecule has 3 aromatic heterocycles. The van der Waals surface area contributed by atoms with Gasteiger partial charge in [-0.05, 0) is 30.7 Å². The van der Waals surface area contributed by atoms with Crippen molar-refractivity contribution >= 4 is 5.97 Å². The molecule has 0 aliphatic carbocycles. The summed E-state index contributed by atoms with van der Waals surface area (Å²) in [6, 6.07) is 11.7. The molecule has 0 radical (unpaired) electrons. The van der Waals surface area contributed by atoms with Crippen LogP contribution in [-0.4, -0.2) is 37.5 Å². The second kappa shape index (κ2) is 8.61. The third-order valence-corrected chi connectivity index (χ3v) is 4.41. The summed E-state index contributed by atoms with van der Waals surface area (Å²) in [7, 11) is 0. The molecule has 4 aromatic rings. The fraction of sp³-hybridized carbons (Fsp3) is 0.190. The van der Waals surface area contributed by atoms with Crippen LogP contribution >= 0.6 is 0 Å². The smallest absolute Gasteiger partial charge is 0.462 e. The Hall–Kier alpha value is -4.02. The Labute approximate surface area is 179 Å². The second-order valence-corrected chi connectivity index (χ2v) is 6.64. The fourth-order valence-corrected chi connectivity index (χ4v) is 2.96. The van der Waals surface area contributed by atoms with E-state index in [9.17, 15) is 18.0 Å². The lowest BCUT2D eigenvalue weighted by molar-refractivity contribution is -0.159. The number of hydrogen-bond donors (Lipinski definition) is 0. The number of alkyl halides is 3. The van der Waals surface area contributed by atoms with Crippen molar-refractivity contribution in [3.63, 3.8) is 0 Å². The molecule has 0 N–H and O–H groups in total. The van der Waals surface area contributed by atoms with Crippen LogP contribution in [-0.2, 0) is 17.5 Å². The number of benzene rings is 1. The molecule has 0 fully saturated rings. The number of rotatable bonds is 6. The summed E-state index contributed by atoms with van der Waals surface area (Å²) in [4.78, 5) is 19.8. The fourth-order valence-electron chi connectivity index (χ4n) is 2.96. The van der Waals surface area contributed by atoms with Crippen LogP contribution in [0, 0.1) is 0 Å². The maximum atomic E-state index is 12.6. The Bertz CT molecular complexity index is 1230. The Kier molecular flexibility index (Phi) is 5.71. The van der Waals surface area contributed by atoms with Gasteiger partial charge in [0.25, 0.3) is 0 Å². The molecule has 0 unspecified atom stereocenters. The minimum Gasteiger partial charge on any atom is -0.462 e. The average molecular weight is 443 g/mol. The highest BCUT2D eigenvalue weighted by molar-refractivity contribution is 5.95. The van der Waals surface area contributed by atoms with Crippen LogP contribution < -0.4 is 0 Å². The van der Waals surface area contributed by atoms with Crippen LogP contribution in [0.4, 0.5) is 13.2 Å². The SMILES string of the molecule is CCOC(=O)c1cccnc1-c1ccn(Cc2ccc(-c3noc(C(F)(F)F)n3)cc2)n1. The van der Waals surface area contributed by atoms with Crippen molar-refractivity contribution in [1.29, 1.82) is 0 Å². The summed E-state index contributed by atoms with van der Waals surface area (Å²) in [6.45, 7) is 2.36. The maximum Gasteiger partial charge on any atom is 0.471 e. The second-order valence-electron chi connectivity index (χ2n) is 6.64. The highest BCUT2D eigenvalue weighted by Gasteiger charge is 2.38. The summed E-state index contributed by atoms with van der Waals surface area (Å²) in [5.41, 5.74) is 2.48. The van der Waals surface area contributed by atoms with E-state index in [-0.39, 0.29) is 12.4 Å². The molecule has 32 heavy (non-hydrogen) atoms. The van der Waals surface area contributed by atoms with Gasteiger partial charge < -0.3 is 9.26 Å². The van der Waals surface area contributed by atoms with E-state index in [0.29, 0.717) is 29.1 Å². The number of carbonyl (C=O) groups is 1. The van der Waals surface area contributed by atoms with Gasteiger partial charge in [0.05, 0.1) is 18.7 Å². The van der Waals surface area contributed by atoms with Gasteiger partial charge in [-0.1, -0.05) is 29.4 Å². The van der Waals surface area contributed by atoms with E-state index in [1.807, 2.05) is 0 Å². The molecule has 1 aromatic carbocycles. The summed E-state index contributed by atoms with van der Waals surface area (Å²) in [5, 5.41) is 7.84. The van der Waals surface area contributed by atoms with Crippen molar-refractivity contribution in [2.24, 2.45) is 0 Å². The maximum absolute atomic E-state index is 12.6. The highest BCUT2D eigenvalue weighted by atomic mass is 19.4. The van der Waals surface area contributed by atoms with E-state index < -0.39 is 18.0 Å². The zero-order valence-corrected chi connectivity index (χ0v) is 16.7. The summed E-state index contributed by atoms with van der Waals surface area (Å²) in [6.07, 6.45) is -1.39. The molecule has 0 amide bonds. The number of esters is 1. The highest BCUT2D eigenvalue weighted by Crippen LogP contribution is 2.29. The first kappa shape index (κ1) is 21.2. The number of hydrogen-bond acceptors (Lipinski definition) is 7. The molecule has 164 valence electrons. The molecular weight excluding hydrogens is 427 g/mol. The summed E-state index contributed by atoms with van der Waals surface area (Å²) >= 11 is 0. The molecule has 0 aliphatic heterocycles. The van der Waals surface area contributed by atoms with Gasteiger partial charge in [0.1, 0.15) is 11.4 Å². The van der Waals surface area contributed by atoms with Crippen LogP contribution in [0.5, 0.6) is 0 Å². The summed E-state index contributed by atoms with van der Waals surface area (Å²) in [5.74, 6) is -2.01. The predicted molar refractivity (Wildman–Crippen MR) is 105 cm³/mol. The van der Waals surface area contributed by atoms with Crippen molar-refractivity contribution in [2.45, 2.75) is 19.6 Å². The quantitative estimate of drug-likeness (QED) is 0.411. The van der Waals surface area contributed by atoms with Crippen molar-refractivity contribution in [1.82, 2.24) is 24.9 Å². The Morgan fingerprint density at radius 3 is 2.62 bits per heavy atom. The zero-order valence-electron chi connectivity index (χ0n) is 16.7. The minimum atomic E-state index is -4.69. The van der Waals surface area contributed by atoms with Crippen molar-refractivity contribution in [2.75, 3.05) is 6.61 Å². The lowest BCUT2D eigenvalue weighted by Crippen LogP contribution is -2.08. The molecule has 0 aliphatic rings. The third kappa shape index (κ3) is 4.51. The van der Waals surface area contributed by atoms with Crippen LogP contribution in [0.15, 0.2) is 59.4 Å². The first-order chi connectivity index (χ1) is 15.3. The number of ether oxygens (including phenoxy) is 1. The van der Waals surface area contributed by atoms with E-state index in [1.54, 1.807) is 66.5 Å². The number of halogens is 3. The molecule has 0 saturated heterocycles. The minimum absolute atomic E-state index is 0.146. The van der Waals surface area contributed by atoms with Crippen molar-refractivity contribution < 1.29 is 27.2 Å². The van der Waals surface area contributed by atoms with Gasteiger partial charge in [0, 0.05) is 18.0 Å². The molecule has 4 rings (SSSR count). The predicted octanol–water partition coefficient (Wildman–Crippen LogP) is 4.24. The zero-order chi connectivity index (χ0) is 22.7. The third-order valence-electron chi connectivity index (χ3n) is 4.41. The lowest BCUT2D eigenvalue weighted by atomic mass is 10.1. The van der Waals surface area contributed by atoms with Crippen molar-refractivity contribution in [3.05, 3.63) is 71.9 Å². The standard InChI is InChI=1S/C21H16F3N5O3/c1-2-31-19(30)15-4-3-10-25-17(15)16-9-11-29(27-16)12-13-5-7-14(8-6-13)18-26-20(32-28-18)21(22,23)24/h3-11H,2,12H2,1H3. The molecule has 0 saturated carbocycles. The average Bonchev–Trinajstić information content (AvgIpc) is 3.44. The van der Waals surface area contributed by atoms with Crippen LogP contribution in [0.3, 0.4) is 0 Å². The number of aromatic nitrogens is 5. The molecule has 0 atom stereocenters. The Balaban J connectivity index is 1.50. The van der Waals surface area contributed by atoms with Gasteiger partial charge >= 0.3 is 18.0 Å². The van der Waals surface area contributed by atoms with Gasteiger partial charge in [-0.3, -0.25) is 9.67 Å². The number of nitrogens with zero attached hydrogens (tertiary/aromatic N) is 5. The topological polar surface area (TPSA) is 95.9 Å². The first-order valence-corrected chi connectivity index (χ1v) is 9.51. The van der Waals surface area contributed by atoms with Gasteiger partial charge in [0.2, 0.25) is 5.82 Å². The number of pyridine rings is 1. The van der Waals surface area contributed by atoms with E-state index >= 15 is 0 Å². The molecular formula is C21H16F3N5O3. The van der Waals surface area contributed by atoms with E-state index in [2.05, 4.69) is 24.7 Å². The summed E-state index contributed by atoms with van der Waals surface area (Å²) < 4.78 is 48.8. The van der Waals surface area contributed by atoms with E-state index in [1.165, 1.54) is 0 Å². The molecule has 11 heteroatoms. The van der Waals surface area contributed by atoms with Crippen LogP contribution in [0.25, 0.3) is 22.8 Å².